The Hall–Kier alpha value is -2.08. The van der Waals surface area contributed by atoms with Gasteiger partial charge in [-0.2, -0.15) is 0 Å². The zero-order chi connectivity index (χ0) is 15.5. The molecule has 5 nitrogen and oxygen atoms in total. The number of allylic oxidation sites excluding steroid dienone is 1. The first-order valence-corrected chi connectivity index (χ1v) is 8.09. The Labute approximate surface area is 133 Å². The van der Waals surface area contributed by atoms with Crippen molar-refractivity contribution in [3.05, 3.63) is 29.2 Å². The van der Waals surface area contributed by atoms with Crippen LogP contribution in [0.1, 0.15) is 19.4 Å². The van der Waals surface area contributed by atoms with E-state index in [1.165, 1.54) is 18.1 Å². The van der Waals surface area contributed by atoms with Gasteiger partial charge in [0.2, 0.25) is 0 Å². The topological polar surface area (TPSA) is 60.2 Å². The Morgan fingerprint density at radius 3 is 2.73 bits per heavy atom. The van der Waals surface area contributed by atoms with Crippen LogP contribution in [-0.4, -0.2) is 36.4 Å². The molecule has 0 saturated heterocycles. The molecule has 2 aliphatic heterocycles. The smallest absolute Gasteiger partial charge is 0.266 e. The van der Waals surface area contributed by atoms with Crippen LogP contribution in [0.2, 0.25) is 0 Å². The van der Waals surface area contributed by atoms with Crippen LogP contribution in [-0.2, 0) is 4.79 Å². The SMILES string of the molecule is CCOc1ccc(C2=CSC3C(=O)N=CN=C23)cc1OCC. The first-order chi connectivity index (χ1) is 10.7. The molecule has 2 heterocycles. The van der Waals surface area contributed by atoms with Gasteiger partial charge in [-0.05, 0) is 37.0 Å². The molecule has 114 valence electrons. The third-order valence-electron chi connectivity index (χ3n) is 3.31. The lowest BCUT2D eigenvalue weighted by Gasteiger charge is -2.15. The van der Waals surface area contributed by atoms with Gasteiger partial charge in [0.1, 0.15) is 11.6 Å². The lowest BCUT2D eigenvalue weighted by Crippen LogP contribution is -2.26. The summed E-state index contributed by atoms with van der Waals surface area (Å²) in [5, 5.41) is 1.64. The number of amides is 1. The maximum atomic E-state index is 11.8. The van der Waals surface area contributed by atoms with Gasteiger partial charge in [-0.15, -0.1) is 11.8 Å². The van der Waals surface area contributed by atoms with Crippen LogP contribution in [0.15, 0.2) is 33.6 Å². The minimum Gasteiger partial charge on any atom is -0.490 e. The Morgan fingerprint density at radius 1 is 1.18 bits per heavy atom. The first kappa shape index (κ1) is 14.8. The molecule has 0 spiro atoms. The first-order valence-electron chi connectivity index (χ1n) is 7.14. The van der Waals surface area contributed by atoms with Crippen molar-refractivity contribution in [3.8, 4) is 11.5 Å². The van der Waals surface area contributed by atoms with E-state index in [0.717, 1.165) is 22.6 Å². The van der Waals surface area contributed by atoms with Crippen molar-refractivity contribution in [2.45, 2.75) is 19.1 Å². The summed E-state index contributed by atoms with van der Waals surface area (Å²) in [6.07, 6.45) is 1.33. The van der Waals surface area contributed by atoms with E-state index in [1.807, 2.05) is 37.5 Å². The minimum atomic E-state index is -0.317. The molecule has 0 fully saturated rings. The molecule has 0 bridgehead atoms. The average Bonchev–Trinajstić information content (AvgIpc) is 2.95. The van der Waals surface area contributed by atoms with Gasteiger partial charge in [-0.3, -0.25) is 4.79 Å². The molecule has 22 heavy (non-hydrogen) atoms. The van der Waals surface area contributed by atoms with E-state index in [1.54, 1.807) is 0 Å². The van der Waals surface area contributed by atoms with Crippen molar-refractivity contribution in [1.29, 1.82) is 0 Å². The fourth-order valence-electron chi connectivity index (χ4n) is 2.36. The molecular formula is C16H16N2O3S. The van der Waals surface area contributed by atoms with Gasteiger partial charge < -0.3 is 9.47 Å². The summed E-state index contributed by atoms with van der Waals surface area (Å²) in [7, 11) is 0. The van der Waals surface area contributed by atoms with E-state index < -0.39 is 0 Å². The summed E-state index contributed by atoms with van der Waals surface area (Å²) < 4.78 is 11.2. The van der Waals surface area contributed by atoms with Crippen molar-refractivity contribution in [2.75, 3.05) is 13.2 Å². The van der Waals surface area contributed by atoms with Crippen molar-refractivity contribution in [1.82, 2.24) is 0 Å². The Kier molecular flexibility index (Phi) is 4.29. The Balaban J connectivity index is 1.95. The number of carbonyl (C=O) groups excluding carboxylic acids is 1. The molecule has 1 aromatic rings. The summed E-state index contributed by atoms with van der Waals surface area (Å²) in [5.74, 6) is 1.27. The van der Waals surface area contributed by atoms with E-state index in [9.17, 15) is 4.79 Å². The number of fused-ring (bicyclic) bond motifs is 1. The molecule has 2 aliphatic rings. The van der Waals surface area contributed by atoms with Crippen LogP contribution in [0.25, 0.3) is 5.57 Å². The second-order valence-corrected chi connectivity index (χ2v) is 5.65. The molecule has 0 saturated carbocycles. The molecule has 0 radical (unpaired) electrons. The van der Waals surface area contributed by atoms with Crippen molar-refractivity contribution in [3.63, 3.8) is 0 Å². The van der Waals surface area contributed by atoms with Gasteiger partial charge in [0.15, 0.2) is 11.5 Å². The zero-order valence-corrected chi connectivity index (χ0v) is 13.2. The van der Waals surface area contributed by atoms with E-state index in [2.05, 4.69) is 9.98 Å². The number of hydrogen-bond donors (Lipinski definition) is 0. The van der Waals surface area contributed by atoms with Crippen LogP contribution in [0, 0.1) is 0 Å². The molecule has 1 atom stereocenters. The largest absolute Gasteiger partial charge is 0.490 e. The van der Waals surface area contributed by atoms with Crippen LogP contribution in [0.3, 0.4) is 0 Å². The predicted molar refractivity (Wildman–Crippen MR) is 89.1 cm³/mol. The number of nitrogens with zero attached hydrogens (tertiary/aromatic N) is 2. The van der Waals surface area contributed by atoms with E-state index >= 15 is 0 Å². The van der Waals surface area contributed by atoms with Crippen molar-refractivity contribution in [2.24, 2.45) is 9.98 Å². The van der Waals surface area contributed by atoms with Gasteiger partial charge in [0.25, 0.3) is 5.91 Å². The van der Waals surface area contributed by atoms with E-state index in [-0.39, 0.29) is 11.2 Å². The second-order valence-electron chi connectivity index (χ2n) is 4.67. The van der Waals surface area contributed by atoms with Crippen LogP contribution in [0.5, 0.6) is 11.5 Å². The number of ether oxygens (including phenoxy) is 2. The second kappa shape index (κ2) is 6.36. The zero-order valence-electron chi connectivity index (χ0n) is 12.4. The Bertz CT molecular complexity index is 695. The quantitative estimate of drug-likeness (QED) is 0.838. The van der Waals surface area contributed by atoms with Crippen LogP contribution < -0.4 is 9.47 Å². The van der Waals surface area contributed by atoms with Crippen LogP contribution >= 0.6 is 11.8 Å². The summed E-state index contributed by atoms with van der Waals surface area (Å²) in [6.45, 7) is 5.01. The standard InChI is InChI=1S/C16H16N2O3S/c1-3-20-12-6-5-10(7-13(12)21-4-2)11-8-22-15-14(11)17-9-18-16(15)19/h5-9,15H,3-4H2,1-2H3. The molecule has 3 rings (SSSR count). The lowest BCUT2D eigenvalue weighted by molar-refractivity contribution is -0.116. The highest BCUT2D eigenvalue weighted by atomic mass is 32.2. The highest BCUT2D eigenvalue weighted by molar-refractivity contribution is 8.05. The molecule has 1 unspecified atom stereocenters. The maximum absolute atomic E-state index is 11.8. The summed E-state index contributed by atoms with van der Waals surface area (Å²) in [6, 6.07) is 5.78. The number of rotatable bonds is 5. The van der Waals surface area contributed by atoms with Gasteiger partial charge >= 0.3 is 0 Å². The lowest BCUT2D eigenvalue weighted by atomic mass is 9.99. The average molecular weight is 316 g/mol. The summed E-state index contributed by atoms with van der Waals surface area (Å²) >= 11 is 1.44. The number of aliphatic imine (C=N–C) groups is 2. The summed E-state index contributed by atoms with van der Waals surface area (Å²) in [4.78, 5) is 19.8. The van der Waals surface area contributed by atoms with Gasteiger partial charge in [0.05, 0.1) is 18.9 Å². The fraction of sp³-hybridized carbons (Fsp3) is 0.312. The number of carbonyl (C=O) groups is 1. The molecule has 0 aromatic heterocycles. The van der Waals surface area contributed by atoms with Gasteiger partial charge in [-0.25, -0.2) is 9.98 Å². The Morgan fingerprint density at radius 2 is 1.95 bits per heavy atom. The van der Waals surface area contributed by atoms with Crippen molar-refractivity contribution >= 4 is 35.3 Å². The highest BCUT2D eigenvalue weighted by Crippen LogP contribution is 2.38. The molecule has 1 amide bonds. The van der Waals surface area contributed by atoms with Crippen LogP contribution in [0.4, 0.5) is 0 Å². The number of thioether (sulfide) groups is 1. The normalized spacial score (nSPS) is 19.5. The monoisotopic (exact) mass is 316 g/mol. The third kappa shape index (κ3) is 2.66. The molecule has 6 heteroatoms. The van der Waals surface area contributed by atoms with E-state index in [4.69, 9.17) is 9.47 Å². The fourth-order valence-corrected chi connectivity index (χ4v) is 3.39. The number of hydrogen-bond acceptors (Lipinski definition) is 5. The summed E-state index contributed by atoms with van der Waals surface area (Å²) in [5.41, 5.74) is 2.67. The van der Waals surface area contributed by atoms with Gasteiger partial charge in [0, 0.05) is 5.57 Å². The molecule has 1 aromatic carbocycles. The molecular weight excluding hydrogens is 300 g/mol. The van der Waals surface area contributed by atoms with Crippen molar-refractivity contribution < 1.29 is 14.3 Å². The number of benzene rings is 1. The minimum absolute atomic E-state index is 0.155. The highest BCUT2D eigenvalue weighted by Gasteiger charge is 2.34. The maximum Gasteiger partial charge on any atom is 0.266 e. The predicted octanol–water partition coefficient (Wildman–Crippen LogP) is 2.95. The molecule has 0 N–H and O–H groups in total. The van der Waals surface area contributed by atoms with Gasteiger partial charge in [-0.1, -0.05) is 6.07 Å². The third-order valence-corrected chi connectivity index (χ3v) is 4.38. The van der Waals surface area contributed by atoms with E-state index in [0.29, 0.717) is 19.0 Å². The molecule has 0 aliphatic carbocycles.